The van der Waals surface area contributed by atoms with Gasteiger partial charge in [0, 0.05) is 12.0 Å². The van der Waals surface area contributed by atoms with Crippen LogP contribution >= 0.6 is 0 Å². The van der Waals surface area contributed by atoms with Gasteiger partial charge in [0.2, 0.25) is 0 Å². The van der Waals surface area contributed by atoms with Crippen LogP contribution in [0.2, 0.25) is 0 Å². The van der Waals surface area contributed by atoms with E-state index in [1.807, 2.05) is 0 Å². The molecule has 0 rings (SSSR count). The molecule has 0 fully saturated rings. The van der Waals surface area contributed by atoms with E-state index in [1.54, 1.807) is 0 Å². The van der Waals surface area contributed by atoms with Gasteiger partial charge in [-0.2, -0.15) is 0 Å². The first kappa shape index (κ1) is 13.5. The summed E-state index contributed by atoms with van der Waals surface area (Å²) in [5, 5.41) is 16.3. The van der Waals surface area contributed by atoms with Crippen LogP contribution in [0, 0.1) is 0 Å². The summed E-state index contributed by atoms with van der Waals surface area (Å²) in [6.45, 7) is 3.16. The maximum absolute atomic E-state index is 10.0. The average Bonchev–Trinajstić information content (AvgIpc) is 1.82. The van der Waals surface area contributed by atoms with Crippen molar-refractivity contribution in [2.45, 2.75) is 12.8 Å². The summed E-state index contributed by atoms with van der Waals surface area (Å²) < 4.78 is 0. The zero-order valence-corrected chi connectivity index (χ0v) is 8.25. The van der Waals surface area contributed by atoms with Crippen LogP contribution in [0.25, 0.3) is 0 Å². The molecule has 0 spiro atoms. The summed E-state index contributed by atoms with van der Waals surface area (Å²) in [6.07, 6.45) is -0.171. The first-order chi connectivity index (χ1) is 4.54. The topological polar surface area (TPSA) is 74.6 Å². The molecule has 11 heavy (non-hydrogen) atoms. The third kappa shape index (κ3) is 7.84. The zero-order valence-electron chi connectivity index (χ0n) is 8.04. The largest absolute Gasteiger partial charge is 2.00 e. The van der Waals surface area contributed by atoms with Crippen molar-refractivity contribution in [1.82, 2.24) is 0 Å². The van der Waals surface area contributed by atoms with E-state index in [4.69, 9.17) is 10.2 Å². The van der Waals surface area contributed by atoms with E-state index in [9.17, 15) is 9.59 Å². The molecule has 0 unspecified atom stereocenters. The quantitative estimate of drug-likeness (QED) is 0.490. The molecule has 0 aromatic heterocycles. The Kier molecular flexibility index (Phi) is 8.16. The van der Waals surface area contributed by atoms with Gasteiger partial charge in [-0.1, -0.05) is 6.58 Å². The Morgan fingerprint density at radius 1 is 1.27 bits per heavy atom. The maximum atomic E-state index is 10.0. The van der Waals surface area contributed by atoms with Gasteiger partial charge in [0.25, 0.3) is 0 Å². The molecule has 60 valence electrons. The van der Waals surface area contributed by atoms with E-state index in [0.29, 0.717) is 0 Å². The Bertz CT molecular complexity index is 183. The fourth-order valence-corrected chi connectivity index (χ4v) is 0.365. The van der Waals surface area contributed by atoms with Gasteiger partial charge in [0.15, 0.2) is 0 Å². The molecule has 2 N–H and O–H groups in total. The van der Waals surface area contributed by atoms with Crippen molar-refractivity contribution in [3.63, 3.8) is 0 Å². The number of hydrogen-bond donors (Lipinski definition) is 2. The van der Waals surface area contributed by atoms with Crippen LogP contribution in [-0.4, -0.2) is 59.9 Å². The van der Waals surface area contributed by atoms with Gasteiger partial charge in [0.05, 0.1) is 0 Å². The normalized spacial score (nSPS) is 8.00. The molecule has 0 aromatic carbocycles. The molecule has 0 radical (unpaired) electrons. The molecule has 0 bridgehead atoms. The van der Waals surface area contributed by atoms with Crippen molar-refractivity contribution in [1.29, 1.82) is 0 Å². The summed E-state index contributed by atoms with van der Waals surface area (Å²) in [4.78, 5) is 19.9. The first-order valence-electron chi connectivity index (χ1n) is 2.67. The Morgan fingerprint density at radius 3 is 2.00 bits per heavy atom. The van der Waals surface area contributed by atoms with Crippen molar-refractivity contribution < 1.29 is 22.7 Å². The van der Waals surface area contributed by atoms with E-state index < -0.39 is 11.9 Å². The van der Waals surface area contributed by atoms with Crippen LogP contribution in [0.15, 0.2) is 12.2 Å². The van der Waals surface area contributed by atoms with E-state index in [1.165, 1.54) is 0 Å². The number of carbonyl (C=O) groups is 2. The van der Waals surface area contributed by atoms with Crippen LogP contribution in [0.1, 0.15) is 15.7 Å². The second-order valence-corrected chi connectivity index (χ2v) is 1.80. The number of rotatable bonds is 4. The number of hydrogen-bond acceptors (Lipinski definition) is 2. The second kappa shape index (κ2) is 6.64. The van der Waals surface area contributed by atoms with Crippen LogP contribution in [-0.2, 0) is 9.59 Å². The van der Waals surface area contributed by atoms with Gasteiger partial charge in [-0.15, -0.1) is 0 Å². The van der Waals surface area contributed by atoms with Crippen LogP contribution < -0.4 is 0 Å². The fourth-order valence-electron chi connectivity index (χ4n) is 0.365. The predicted molar refractivity (Wildman–Crippen MR) is 41.6 cm³/mol. The molecule has 0 saturated carbocycles. The monoisotopic (exact) mass is 186 g/mol. The van der Waals surface area contributed by atoms with Crippen LogP contribution in [0.5, 0.6) is 0 Å². The van der Waals surface area contributed by atoms with Gasteiger partial charge < -0.3 is 13.1 Å². The minimum absolute atomic E-state index is 0. The second-order valence-electron chi connectivity index (χ2n) is 1.80. The van der Waals surface area contributed by atoms with E-state index in [-0.39, 0.29) is 59.0 Å². The predicted octanol–water partition coefficient (Wildman–Crippen LogP) is 0.336. The molecule has 0 amide bonds. The van der Waals surface area contributed by atoms with Gasteiger partial charge in [-0.05, 0) is 6.42 Å². The number of carboxylic acids is 2. The molecule has 0 aliphatic rings. The molecule has 0 aliphatic carbocycles. The van der Waals surface area contributed by atoms with Crippen molar-refractivity contribution in [3.8, 4) is 0 Å². The maximum Gasteiger partial charge on any atom is 2.00 e. The summed E-state index contributed by atoms with van der Waals surface area (Å²) in [5.74, 6) is -2.15. The van der Waals surface area contributed by atoms with E-state index in [2.05, 4.69) is 6.58 Å². The first-order valence-corrected chi connectivity index (χ1v) is 2.67. The molecule has 0 saturated heterocycles. The zero-order chi connectivity index (χ0) is 8.15. The smallest absolute Gasteiger partial charge is 1.00 e. The molecule has 0 aromatic rings. The molecule has 0 heterocycles. The van der Waals surface area contributed by atoms with Crippen molar-refractivity contribution >= 4 is 49.7 Å². The third-order valence-corrected chi connectivity index (χ3v) is 0.943. The van der Waals surface area contributed by atoms with Crippen molar-refractivity contribution in [2.24, 2.45) is 0 Å². The molecule has 5 heteroatoms. The number of carboxylic acid groups (broad SMARTS) is 2. The van der Waals surface area contributed by atoms with Crippen molar-refractivity contribution in [2.75, 3.05) is 0 Å². The fraction of sp³-hybridized carbons (Fsp3) is 0.333. The number of aliphatic carboxylic acids is 2. The SMILES string of the molecule is C=C(CCC(=O)O)C(=O)O.[Ca+2].[H-].[H-]. The molecular weight excluding hydrogens is 176 g/mol. The average molecular weight is 186 g/mol. The summed E-state index contributed by atoms with van der Waals surface area (Å²) in [7, 11) is 0. The Labute approximate surface area is 96.9 Å². The van der Waals surface area contributed by atoms with Gasteiger partial charge in [0.1, 0.15) is 0 Å². The Balaban J connectivity index is -0.000000135. The van der Waals surface area contributed by atoms with Crippen LogP contribution in [0.4, 0.5) is 0 Å². The molecule has 0 aliphatic heterocycles. The molecule has 4 nitrogen and oxygen atoms in total. The summed E-state index contributed by atoms with van der Waals surface area (Å²) >= 11 is 0. The van der Waals surface area contributed by atoms with Crippen LogP contribution in [0.3, 0.4) is 0 Å². The van der Waals surface area contributed by atoms with Gasteiger partial charge in [-0.25, -0.2) is 4.79 Å². The van der Waals surface area contributed by atoms with Gasteiger partial charge in [-0.3, -0.25) is 4.79 Å². The van der Waals surface area contributed by atoms with E-state index >= 15 is 0 Å². The summed E-state index contributed by atoms with van der Waals surface area (Å²) in [5.41, 5.74) is -0.0672. The molecule has 0 atom stereocenters. The standard InChI is InChI=1S/C6H8O4.Ca.2H/c1-4(6(9)10)2-3-5(7)8;;;/h1-3H2,(H,7,8)(H,9,10);;;/q;+2;2*-1. The minimum Gasteiger partial charge on any atom is -1.00 e. The Morgan fingerprint density at radius 2 is 1.73 bits per heavy atom. The summed E-state index contributed by atoms with van der Waals surface area (Å²) in [6, 6.07) is 0. The van der Waals surface area contributed by atoms with E-state index in [0.717, 1.165) is 0 Å². The molecular formula is C6H10CaO4. The Hall–Kier alpha value is -0.0603. The van der Waals surface area contributed by atoms with Crippen molar-refractivity contribution in [3.05, 3.63) is 12.2 Å². The minimum atomic E-state index is -1.14. The third-order valence-electron chi connectivity index (χ3n) is 0.943. The van der Waals surface area contributed by atoms with Gasteiger partial charge >= 0.3 is 49.7 Å².